The highest BCUT2D eigenvalue weighted by Gasteiger charge is 2.15. The monoisotopic (exact) mass is 420 g/mol. The number of thiazole rings is 1. The molecule has 2 heterocycles. The van der Waals surface area contributed by atoms with E-state index in [1.165, 1.54) is 16.0 Å². The molecule has 0 aliphatic carbocycles. The van der Waals surface area contributed by atoms with E-state index in [0.29, 0.717) is 17.1 Å². The molecular formula is C17H17BrN4O2S. The van der Waals surface area contributed by atoms with Crippen molar-refractivity contribution in [3.05, 3.63) is 61.4 Å². The molecule has 2 N–H and O–H groups in total. The first kappa shape index (κ1) is 17.6. The lowest BCUT2D eigenvalue weighted by molar-refractivity contribution is -0.116. The smallest absolute Gasteiger partial charge is 0.276 e. The van der Waals surface area contributed by atoms with Gasteiger partial charge in [-0.25, -0.2) is 4.98 Å². The average Bonchev–Trinajstić information content (AvgIpc) is 3.11. The number of nitrogens with zero attached hydrogens (tertiary/aromatic N) is 2. The molecule has 8 heteroatoms. The number of anilines is 1. The minimum atomic E-state index is -0.150. The molecule has 130 valence electrons. The first-order chi connectivity index (χ1) is 11.9. The Labute approximate surface area is 157 Å². The van der Waals surface area contributed by atoms with Crippen molar-refractivity contribution in [2.24, 2.45) is 0 Å². The van der Waals surface area contributed by atoms with Gasteiger partial charge in [-0.2, -0.15) is 4.68 Å². The van der Waals surface area contributed by atoms with Gasteiger partial charge in [-0.05, 0) is 44.5 Å². The van der Waals surface area contributed by atoms with E-state index in [2.05, 4.69) is 31.3 Å². The number of rotatable bonds is 5. The molecule has 3 rings (SSSR count). The van der Waals surface area contributed by atoms with Gasteiger partial charge in [-0.3, -0.25) is 14.7 Å². The molecular weight excluding hydrogens is 404 g/mol. The number of hydrogen-bond donors (Lipinski definition) is 2. The summed E-state index contributed by atoms with van der Waals surface area (Å²) >= 11 is 4.76. The topological polar surface area (TPSA) is 79.8 Å². The van der Waals surface area contributed by atoms with Crippen LogP contribution in [0.15, 0.2) is 38.9 Å². The molecule has 2 aromatic heterocycles. The maximum absolute atomic E-state index is 12.6. The summed E-state index contributed by atoms with van der Waals surface area (Å²) in [5, 5.41) is 8.37. The zero-order valence-corrected chi connectivity index (χ0v) is 16.2. The van der Waals surface area contributed by atoms with Crippen LogP contribution in [0.1, 0.15) is 23.4 Å². The minimum absolute atomic E-state index is 0.126. The van der Waals surface area contributed by atoms with Crippen LogP contribution >= 0.6 is 27.3 Å². The van der Waals surface area contributed by atoms with Gasteiger partial charge < -0.3 is 5.32 Å². The SMILES string of the molecule is Cc1csc(-n2[nH]c(C)c(CCC(=O)Nc3ccc(Br)cc3)c2=O)n1. The molecule has 3 aromatic rings. The molecule has 6 nitrogen and oxygen atoms in total. The molecule has 0 saturated heterocycles. The predicted molar refractivity (Wildman–Crippen MR) is 103 cm³/mol. The van der Waals surface area contributed by atoms with Gasteiger partial charge >= 0.3 is 0 Å². The number of aromatic amines is 1. The summed E-state index contributed by atoms with van der Waals surface area (Å²) in [6.45, 7) is 3.72. The number of benzene rings is 1. The van der Waals surface area contributed by atoms with Gasteiger partial charge in [0.05, 0.1) is 5.69 Å². The van der Waals surface area contributed by atoms with Crippen molar-refractivity contribution in [3.63, 3.8) is 0 Å². The maximum atomic E-state index is 12.6. The molecule has 25 heavy (non-hydrogen) atoms. The number of halogens is 1. The number of H-pyrrole nitrogens is 1. The number of carbonyl (C=O) groups is 1. The molecule has 0 bridgehead atoms. The number of amides is 1. The van der Waals surface area contributed by atoms with Gasteiger partial charge in [0.25, 0.3) is 5.56 Å². The van der Waals surface area contributed by atoms with Crippen LogP contribution in [0, 0.1) is 13.8 Å². The third kappa shape index (κ3) is 4.08. The Bertz CT molecular complexity index is 956. The number of hydrogen-bond acceptors (Lipinski definition) is 4. The van der Waals surface area contributed by atoms with E-state index >= 15 is 0 Å². The third-order valence-corrected chi connectivity index (χ3v) is 5.19. The largest absolute Gasteiger partial charge is 0.326 e. The first-order valence-corrected chi connectivity index (χ1v) is 9.39. The van der Waals surface area contributed by atoms with Gasteiger partial charge in [-0.15, -0.1) is 11.3 Å². The lowest BCUT2D eigenvalue weighted by atomic mass is 10.1. The van der Waals surface area contributed by atoms with Crippen LogP contribution in [0.25, 0.3) is 5.13 Å². The van der Waals surface area contributed by atoms with Crippen molar-refractivity contribution >= 4 is 38.9 Å². The highest BCUT2D eigenvalue weighted by molar-refractivity contribution is 9.10. The number of carbonyl (C=O) groups excluding carboxylic acids is 1. The Morgan fingerprint density at radius 2 is 2.04 bits per heavy atom. The van der Waals surface area contributed by atoms with Crippen molar-refractivity contribution in [2.75, 3.05) is 5.32 Å². The lowest BCUT2D eigenvalue weighted by Gasteiger charge is -2.04. The van der Waals surface area contributed by atoms with Gasteiger partial charge in [0.2, 0.25) is 11.0 Å². The zero-order valence-electron chi connectivity index (χ0n) is 13.8. The van der Waals surface area contributed by atoms with Crippen LogP contribution < -0.4 is 10.9 Å². The number of aromatic nitrogens is 3. The minimum Gasteiger partial charge on any atom is -0.326 e. The molecule has 0 spiro atoms. The van der Waals surface area contributed by atoms with Crippen LogP contribution in [-0.4, -0.2) is 20.7 Å². The molecule has 0 atom stereocenters. The molecule has 0 radical (unpaired) electrons. The Kier molecular flexibility index (Phi) is 5.19. The zero-order chi connectivity index (χ0) is 18.0. The highest BCUT2D eigenvalue weighted by atomic mass is 79.9. The predicted octanol–water partition coefficient (Wildman–Crippen LogP) is 3.57. The third-order valence-electron chi connectivity index (χ3n) is 3.72. The van der Waals surface area contributed by atoms with E-state index in [0.717, 1.165) is 21.5 Å². The maximum Gasteiger partial charge on any atom is 0.276 e. The van der Waals surface area contributed by atoms with Gasteiger partial charge in [0, 0.05) is 33.2 Å². The van der Waals surface area contributed by atoms with E-state index in [4.69, 9.17) is 0 Å². The van der Waals surface area contributed by atoms with E-state index in [9.17, 15) is 9.59 Å². The summed E-state index contributed by atoms with van der Waals surface area (Å²) in [4.78, 5) is 29.0. The van der Waals surface area contributed by atoms with E-state index in [-0.39, 0.29) is 17.9 Å². The van der Waals surface area contributed by atoms with Crippen LogP contribution in [-0.2, 0) is 11.2 Å². The molecule has 1 amide bonds. The fourth-order valence-electron chi connectivity index (χ4n) is 2.45. The fourth-order valence-corrected chi connectivity index (χ4v) is 3.47. The van der Waals surface area contributed by atoms with Crippen LogP contribution in [0.2, 0.25) is 0 Å². The number of nitrogens with one attached hydrogen (secondary N) is 2. The number of aryl methyl sites for hydroxylation is 2. The second-order valence-corrected chi connectivity index (χ2v) is 7.43. The Morgan fingerprint density at radius 3 is 2.68 bits per heavy atom. The van der Waals surface area contributed by atoms with E-state index < -0.39 is 0 Å². The van der Waals surface area contributed by atoms with Gasteiger partial charge in [0.15, 0.2) is 0 Å². The normalized spacial score (nSPS) is 10.8. The molecule has 0 aliphatic heterocycles. The first-order valence-electron chi connectivity index (χ1n) is 7.72. The quantitative estimate of drug-likeness (QED) is 0.661. The van der Waals surface area contributed by atoms with Crippen LogP contribution in [0.4, 0.5) is 5.69 Å². The standard InChI is InChI=1S/C17H17BrN4O2S/c1-10-9-25-17(19-10)22-16(24)14(11(2)21-22)7-8-15(23)20-13-5-3-12(18)4-6-13/h3-6,9,21H,7-8H2,1-2H3,(H,20,23). The average molecular weight is 421 g/mol. The van der Waals surface area contributed by atoms with Crippen molar-refractivity contribution in [3.8, 4) is 5.13 Å². The molecule has 1 aromatic carbocycles. The molecule has 0 unspecified atom stereocenters. The summed E-state index contributed by atoms with van der Waals surface area (Å²) in [5.74, 6) is -0.126. The van der Waals surface area contributed by atoms with Crippen LogP contribution in [0.5, 0.6) is 0 Å². The highest BCUT2D eigenvalue weighted by Crippen LogP contribution is 2.16. The lowest BCUT2D eigenvalue weighted by Crippen LogP contribution is -2.19. The van der Waals surface area contributed by atoms with Gasteiger partial charge in [0.1, 0.15) is 0 Å². The Hall–Kier alpha value is -2.19. The van der Waals surface area contributed by atoms with Crippen molar-refractivity contribution in [1.82, 2.24) is 14.8 Å². The van der Waals surface area contributed by atoms with Gasteiger partial charge in [-0.1, -0.05) is 15.9 Å². The summed E-state index contributed by atoms with van der Waals surface area (Å²) in [5.41, 5.74) is 2.82. The van der Waals surface area contributed by atoms with Crippen molar-refractivity contribution < 1.29 is 4.79 Å². The van der Waals surface area contributed by atoms with Crippen molar-refractivity contribution in [1.29, 1.82) is 0 Å². The summed E-state index contributed by atoms with van der Waals surface area (Å²) in [6, 6.07) is 7.36. The summed E-state index contributed by atoms with van der Waals surface area (Å²) in [6.07, 6.45) is 0.613. The molecule has 0 fully saturated rings. The summed E-state index contributed by atoms with van der Waals surface area (Å²) < 4.78 is 2.39. The molecule has 0 aliphatic rings. The fraction of sp³-hybridized carbons (Fsp3) is 0.235. The summed E-state index contributed by atoms with van der Waals surface area (Å²) in [7, 11) is 0. The second-order valence-electron chi connectivity index (χ2n) is 5.68. The Balaban J connectivity index is 1.69. The molecule has 0 saturated carbocycles. The van der Waals surface area contributed by atoms with Crippen LogP contribution in [0.3, 0.4) is 0 Å². The Morgan fingerprint density at radius 1 is 1.32 bits per heavy atom. The van der Waals surface area contributed by atoms with Crippen molar-refractivity contribution in [2.45, 2.75) is 26.7 Å². The second kappa shape index (κ2) is 7.37. The van der Waals surface area contributed by atoms with E-state index in [1.807, 2.05) is 43.5 Å². The van der Waals surface area contributed by atoms with E-state index in [1.54, 1.807) is 0 Å².